The molecule has 0 aliphatic rings. The van der Waals surface area contributed by atoms with Crippen molar-refractivity contribution in [3.05, 3.63) is 70.8 Å². The molecule has 0 saturated heterocycles. The molecule has 2 heteroatoms. The van der Waals surface area contributed by atoms with Crippen LogP contribution in [0.5, 0.6) is 0 Å². The van der Waals surface area contributed by atoms with Crippen LogP contribution in [0.15, 0.2) is 48.5 Å². The van der Waals surface area contributed by atoms with E-state index < -0.39 is 0 Å². The molecule has 0 amide bonds. The summed E-state index contributed by atoms with van der Waals surface area (Å²) in [6.07, 6.45) is 0. The topological polar surface area (TPSA) is 52.0 Å². The van der Waals surface area contributed by atoms with Gasteiger partial charge in [-0.15, -0.1) is 0 Å². The molecule has 0 radical (unpaired) electrons. The third-order valence-electron chi connectivity index (χ3n) is 3.48. The Morgan fingerprint density at radius 2 is 1.00 bits per heavy atom. The molecule has 2 aromatic rings. The lowest BCUT2D eigenvalue weighted by atomic mass is 9.90. The lowest BCUT2D eigenvalue weighted by Crippen LogP contribution is -2.27. The third-order valence-corrected chi connectivity index (χ3v) is 3.48. The maximum absolute atomic E-state index is 6.32. The van der Waals surface area contributed by atoms with Crippen molar-refractivity contribution in [2.45, 2.75) is 25.9 Å². The fraction of sp³-hybridized carbons (Fsp3) is 0.250. The number of hydrogen-bond donors (Lipinski definition) is 2. The monoisotopic (exact) mass is 240 g/mol. The zero-order valence-electron chi connectivity index (χ0n) is 10.9. The predicted octanol–water partition coefficient (Wildman–Crippen LogP) is 3.00. The molecule has 2 nitrogen and oxygen atoms in total. The van der Waals surface area contributed by atoms with Gasteiger partial charge < -0.3 is 11.5 Å². The number of aryl methyl sites for hydroxylation is 2. The zero-order valence-corrected chi connectivity index (χ0v) is 10.9. The highest BCUT2D eigenvalue weighted by Crippen LogP contribution is 2.28. The maximum atomic E-state index is 6.32. The van der Waals surface area contributed by atoms with Crippen LogP contribution in [0.3, 0.4) is 0 Å². The molecule has 0 spiro atoms. The highest BCUT2D eigenvalue weighted by molar-refractivity contribution is 5.35. The first-order valence-corrected chi connectivity index (χ1v) is 6.23. The van der Waals surface area contributed by atoms with E-state index in [-0.39, 0.29) is 12.1 Å². The van der Waals surface area contributed by atoms with Crippen molar-refractivity contribution in [3.8, 4) is 0 Å². The minimum atomic E-state index is -0.174. The van der Waals surface area contributed by atoms with Crippen molar-refractivity contribution in [2.24, 2.45) is 11.5 Å². The zero-order chi connectivity index (χ0) is 13.1. The van der Waals surface area contributed by atoms with Gasteiger partial charge in [-0.3, -0.25) is 0 Å². The summed E-state index contributed by atoms with van der Waals surface area (Å²) in [5.74, 6) is 0. The Hall–Kier alpha value is -1.64. The quantitative estimate of drug-likeness (QED) is 0.866. The molecule has 2 aromatic carbocycles. The SMILES string of the molecule is Cc1ccccc1C(N)C(N)c1ccccc1C. The van der Waals surface area contributed by atoms with E-state index in [1.54, 1.807) is 0 Å². The van der Waals surface area contributed by atoms with E-state index in [4.69, 9.17) is 11.5 Å². The van der Waals surface area contributed by atoms with Gasteiger partial charge in [-0.25, -0.2) is 0 Å². The molecule has 0 aromatic heterocycles. The molecule has 2 unspecified atom stereocenters. The summed E-state index contributed by atoms with van der Waals surface area (Å²) in [7, 11) is 0. The molecule has 94 valence electrons. The van der Waals surface area contributed by atoms with Gasteiger partial charge in [0.1, 0.15) is 0 Å². The van der Waals surface area contributed by atoms with Crippen molar-refractivity contribution >= 4 is 0 Å². The van der Waals surface area contributed by atoms with Crippen LogP contribution in [0.1, 0.15) is 34.3 Å². The maximum Gasteiger partial charge on any atom is 0.0493 e. The summed E-state index contributed by atoms with van der Waals surface area (Å²) in [5.41, 5.74) is 17.2. The van der Waals surface area contributed by atoms with E-state index in [1.165, 1.54) is 11.1 Å². The first kappa shape index (κ1) is 12.8. The minimum Gasteiger partial charge on any atom is -0.322 e. The fourth-order valence-corrected chi connectivity index (χ4v) is 2.31. The number of benzene rings is 2. The Morgan fingerprint density at radius 3 is 1.33 bits per heavy atom. The first-order chi connectivity index (χ1) is 8.61. The molecule has 18 heavy (non-hydrogen) atoms. The van der Waals surface area contributed by atoms with Gasteiger partial charge in [0.15, 0.2) is 0 Å². The summed E-state index contributed by atoms with van der Waals surface area (Å²) in [4.78, 5) is 0. The molecule has 2 rings (SSSR count). The van der Waals surface area contributed by atoms with Crippen LogP contribution < -0.4 is 11.5 Å². The Kier molecular flexibility index (Phi) is 3.80. The molecule has 4 N–H and O–H groups in total. The first-order valence-electron chi connectivity index (χ1n) is 6.23. The smallest absolute Gasteiger partial charge is 0.0493 e. The van der Waals surface area contributed by atoms with Crippen molar-refractivity contribution in [1.82, 2.24) is 0 Å². The molecule has 0 heterocycles. The van der Waals surface area contributed by atoms with Gasteiger partial charge in [0, 0.05) is 12.1 Å². The van der Waals surface area contributed by atoms with Crippen molar-refractivity contribution in [1.29, 1.82) is 0 Å². The average Bonchev–Trinajstić information content (AvgIpc) is 2.38. The van der Waals surface area contributed by atoms with E-state index in [0.717, 1.165) is 11.1 Å². The van der Waals surface area contributed by atoms with E-state index >= 15 is 0 Å². The van der Waals surface area contributed by atoms with Crippen LogP contribution in [-0.2, 0) is 0 Å². The minimum absolute atomic E-state index is 0.174. The number of rotatable bonds is 3. The van der Waals surface area contributed by atoms with E-state index in [1.807, 2.05) is 24.3 Å². The normalized spacial score (nSPS) is 14.2. The highest BCUT2D eigenvalue weighted by atomic mass is 14.8. The molecular weight excluding hydrogens is 220 g/mol. The second-order valence-electron chi connectivity index (χ2n) is 4.76. The van der Waals surface area contributed by atoms with Gasteiger partial charge in [0.25, 0.3) is 0 Å². The van der Waals surface area contributed by atoms with Gasteiger partial charge in [0.2, 0.25) is 0 Å². The molecule has 0 aliphatic heterocycles. The predicted molar refractivity (Wildman–Crippen MR) is 76.2 cm³/mol. The van der Waals surface area contributed by atoms with Crippen molar-refractivity contribution in [2.75, 3.05) is 0 Å². The van der Waals surface area contributed by atoms with Crippen LogP contribution >= 0.6 is 0 Å². The van der Waals surface area contributed by atoms with Gasteiger partial charge in [-0.1, -0.05) is 48.5 Å². The molecular formula is C16H20N2. The van der Waals surface area contributed by atoms with Gasteiger partial charge in [-0.2, -0.15) is 0 Å². The summed E-state index contributed by atoms with van der Waals surface area (Å²) >= 11 is 0. The molecule has 0 saturated carbocycles. The molecule has 2 atom stereocenters. The molecule has 0 bridgehead atoms. The summed E-state index contributed by atoms with van der Waals surface area (Å²) in [6.45, 7) is 4.14. The van der Waals surface area contributed by atoms with Crippen LogP contribution in [-0.4, -0.2) is 0 Å². The molecule has 0 aliphatic carbocycles. The van der Waals surface area contributed by atoms with Crippen LogP contribution in [0.2, 0.25) is 0 Å². The average molecular weight is 240 g/mol. The van der Waals surface area contributed by atoms with Crippen LogP contribution in [0.25, 0.3) is 0 Å². The van der Waals surface area contributed by atoms with Crippen molar-refractivity contribution in [3.63, 3.8) is 0 Å². The summed E-state index contributed by atoms with van der Waals surface area (Å²) in [6, 6.07) is 15.9. The highest BCUT2D eigenvalue weighted by Gasteiger charge is 2.19. The Bertz CT molecular complexity index is 485. The van der Waals surface area contributed by atoms with Crippen LogP contribution in [0, 0.1) is 13.8 Å². The standard InChI is InChI=1S/C16H20N2/c1-11-7-3-5-9-13(11)15(17)16(18)14-10-6-4-8-12(14)2/h3-10,15-16H,17-18H2,1-2H3. The van der Waals surface area contributed by atoms with Gasteiger partial charge >= 0.3 is 0 Å². The summed E-state index contributed by atoms with van der Waals surface area (Å²) < 4.78 is 0. The van der Waals surface area contributed by atoms with E-state index in [0.29, 0.717) is 0 Å². The van der Waals surface area contributed by atoms with E-state index in [9.17, 15) is 0 Å². The fourth-order valence-electron chi connectivity index (χ4n) is 2.31. The largest absolute Gasteiger partial charge is 0.322 e. The lowest BCUT2D eigenvalue weighted by molar-refractivity contribution is 0.569. The second kappa shape index (κ2) is 5.34. The Labute approximate surface area is 109 Å². The number of nitrogens with two attached hydrogens (primary N) is 2. The summed E-state index contributed by atoms with van der Waals surface area (Å²) in [5, 5.41) is 0. The Morgan fingerprint density at radius 1 is 0.667 bits per heavy atom. The lowest BCUT2D eigenvalue weighted by Gasteiger charge is -2.23. The second-order valence-corrected chi connectivity index (χ2v) is 4.76. The third kappa shape index (κ3) is 2.45. The van der Waals surface area contributed by atoms with Gasteiger partial charge in [0.05, 0.1) is 0 Å². The van der Waals surface area contributed by atoms with Crippen LogP contribution in [0.4, 0.5) is 0 Å². The molecule has 0 fully saturated rings. The van der Waals surface area contributed by atoms with Gasteiger partial charge in [-0.05, 0) is 36.1 Å². The Balaban J connectivity index is 2.33. The number of hydrogen-bond acceptors (Lipinski definition) is 2. The van der Waals surface area contributed by atoms with Crippen molar-refractivity contribution < 1.29 is 0 Å². The van der Waals surface area contributed by atoms with E-state index in [2.05, 4.69) is 38.1 Å².